The standard InChI is InChI=1S/C31H36N8O2/c1-3-29(40)39-16-15-38(19-23(39)10-12-32)30-26-11-14-37(28-18-33-17-22-7-4-5-9-25(22)28)20-27(26)34-31(35-30)41-21-24-8-6-13-36(24)2/h3-5,7,9,17-18,23-24H,1,6,8,10-11,13-16,19-21H2,2H3/t23?,24-/m0/s1. The number of ether oxygens (including phenoxy) is 1. The van der Waals surface area contributed by atoms with Crippen LogP contribution in [0.25, 0.3) is 10.8 Å². The van der Waals surface area contributed by atoms with Gasteiger partial charge >= 0.3 is 6.01 Å². The number of anilines is 2. The summed E-state index contributed by atoms with van der Waals surface area (Å²) in [5, 5.41) is 11.8. The van der Waals surface area contributed by atoms with Crippen LogP contribution in [0.4, 0.5) is 11.5 Å². The molecule has 10 heteroatoms. The third kappa shape index (κ3) is 5.42. The molecule has 2 atom stereocenters. The maximum atomic E-state index is 12.5. The highest BCUT2D eigenvalue weighted by Crippen LogP contribution is 2.34. The Hall–Kier alpha value is -4.23. The van der Waals surface area contributed by atoms with E-state index < -0.39 is 0 Å². The number of likely N-dealkylation sites (tertiary alicyclic amines) is 1. The number of aromatic nitrogens is 3. The van der Waals surface area contributed by atoms with Crippen LogP contribution in [0, 0.1) is 11.3 Å². The Morgan fingerprint density at radius 1 is 1.15 bits per heavy atom. The Bertz CT molecular complexity index is 1480. The van der Waals surface area contributed by atoms with Crippen LogP contribution < -0.4 is 14.5 Å². The first kappa shape index (κ1) is 27.0. The summed E-state index contributed by atoms with van der Waals surface area (Å²) in [5.74, 6) is 0.716. The monoisotopic (exact) mass is 552 g/mol. The molecule has 6 rings (SSSR count). The summed E-state index contributed by atoms with van der Waals surface area (Å²) in [6.45, 7) is 8.35. The summed E-state index contributed by atoms with van der Waals surface area (Å²) in [6.07, 6.45) is 8.46. The number of rotatable bonds is 7. The van der Waals surface area contributed by atoms with Crippen molar-refractivity contribution >= 4 is 28.2 Å². The van der Waals surface area contributed by atoms with E-state index in [0.717, 1.165) is 54.1 Å². The van der Waals surface area contributed by atoms with E-state index in [4.69, 9.17) is 14.7 Å². The van der Waals surface area contributed by atoms with Crippen molar-refractivity contribution in [1.82, 2.24) is 24.8 Å². The Morgan fingerprint density at radius 3 is 2.83 bits per heavy atom. The van der Waals surface area contributed by atoms with Gasteiger partial charge in [-0.3, -0.25) is 9.78 Å². The van der Waals surface area contributed by atoms with Crippen LogP contribution in [-0.4, -0.2) is 89.1 Å². The maximum Gasteiger partial charge on any atom is 0.318 e. The molecule has 0 saturated carbocycles. The molecule has 2 fully saturated rings. The number of nitrogens with zero attached hydrogens (tertiary/aromatic N) is 8. The van der Waals surface area contributed by atoms with Crippen molar-refractivity contribution in [3.05, 3.63) is 60.6 Å². The average molecular weight is 553 g/mol. The quantitative estimate of drug-likeness (QED) is 0.409. The van der Waals surface area contributed by atoms with Gasteiger partial charge in [-0.05, 0) is 38.9 Å². The first-order valence-electron chi connectivity index (χ1n) is 14.4. The number of hydrogen-bond donors (Lipinski definition) is 0. The van der Waals surface area contributed by atoms with Gasteiger partial charge in [0.2, 0.25) is 5.91 Å². The number of benzene rings is 1. The largest absolute Gasteiger partial charge is 0.462 e. The lowest BCUT2D eigenvalue weighted by atomic mass is 10.0. The number of pyridine rings is 1. The molecule has 41 heavy (non-hydrogen) atoms. The first-order chi connectivity index (χ1) is 20.1. The first-order valence-corrected chi connectivity index (χ1v) is 14.4. The molecule has 2 aromatic heterocycles. The Balaban J connectivity index is 1.33. The van der Waals surface area contributed by atoms with E-state index in [2.05, 4.69) is 57.6 Å². The fourth-order valence-electron chi connectivity index (χ4n) is 6.37. The fraction of sp³-hybridized carbons (Fsp3) is 0.452. The van der Waals surface area contributed by atoms with Crippen LogP contribution in [0.2, 0.25) is 0 Å². The summed E-state index contributed by atoms with van der Waals surface area (Å²) >= 11 is 0. The predicted molar refractivity (Wildman–Crippen MR) is 158 cm³/mol. The van der Waals surface area contributed by atoms with E-state index in [9.17, 15) is 10.1 Å². The number of piperazine rings is 1. The lowest BCUT2D eigenvalue weighted by molar-refractivity contribution is -0.128. The molecule has 0 radical (unpaired) electrons. The minimum atomic E-state index is -0.233. The third-order valence-corrected chi connectivity index (χ3v) is 8.65. The summed E-state index contributed by atoms with van der Waals surface area (Å²) in [7, 11) is 2.13. The second kappa shape index (κ2) is 11.7. The minimum absolute atomic E-state index is 0.140. The number of carbonyl (C=O) groups excluding carboxylic acids is 1. The van der Waals surface area contributed by atoms with Gasteiger partial charge < -0.3 is 24.3 Å². The fourth-order valence-corrected chi connectivity index (χ4v) is 6.37. The van der Waals surface area contributed by atoms with Gasteiger partial charge in [-0.15, -0.1) is 0 Å². The zero-order valence-electron chi connectivity index (χ0n) is 23.6. The molecule has 1 amide bonds. The molecule has 1 unspecified atom stereocenters. The highest BCUT2D eigenvalue weighted by Gasteiger charge is 2.33. The van der Waals surface area contributed by atoms with Crippen molar-refractivity contribution in [3.63, 3.8) is 0 Å². The molecule has 0 aliphatic carbocycles. The van der Waals surface area contributed by atoms with Crippen molar-refractivity contribution in [2.75, 3.05) is 56.2 Å². The molecular formula is C31H36N8O2. The zero-order chi connectivity index (χ0) is 28.3. The molecule has 3 aliphatic heterocycles. The average Bonchev–Trinajstić information content (AvgIpc) is 3.43. The Labute approximate surface area is 240 Å². The molecule has 0 bridgehead atoms. The summed E-state index contributed by atoms with van der Waals surface area (Å²) in [6, 6.07) is 11.1. The molecule has 0 N–H and O–H groups in total. The number of fused-ring (bicyclic) bond motifs is 2. The number of likely N-dealkylation sites (N-methyl/N-ethyl adjacent to an activating group) is 1. The highest BCUT2D eigenvalue weighted by atomic mass is 16.5. The van der Waals surface area contributed by atoms with E-state index in [0.29, 0.717) is 44.8 Å². The zero-order valence-corrected chi connectivity index (χ0v) is 23.6. The molecule has 1 aromatic carbocycles. The van der Waals surface area contributed by atoms with E-state index in [-0.39, 0.29) is 18.4 Å². The van der Waals surface area contributed by atoms with E-state index in [1.165, 1.54) is 17.9 Å². The van der Waals surface area contributed by atoms with Crippen LogP contribution in [0.3, 0.4) is 0 Å². The molecule has 10 nitrogen and oxygen atoms in total. The smallest absolute Gasteiger partial charge is 0.318 e. The summed E-state index contributed by atoms with van der Waals surface area (Å²) in [5.41, 5.74) is 3.15. The van der Waals surface area contributed by atoms with Crippen LogP contribution in [0.5, 0.6) is 6.01 Å². The highest BCUT2D eigenvalue weighted by molar-refractivity contribution is 5.93. The topological polar surface area (TPSA) is 102 Å². The lowest BCUT2D eigenvalue weighted by Gasteiger charge is -2.42. The third-order valence-electron chi connectivity index (χ3n) is 8.65. The predicted octanol–water partition coefficient (Wildman–Crippen LogP) is 3.18. The van der Waals surface area contributed by atoms with Crippen molar-refractivity contribution in [2.45, 2.75) is 44.3 Å². The van der Waals surface area contributed by atoms with Gasteiger partial charge in [0.05, 0.1) is 42.7 Å². The molecule has 212 valence electrons. The van der Waals surface area contributed by atoms with Gasteiger partial charge in [-0.25, -0.2) is 0 Å². The Kier molecular flexibility index (Phi) is 7.70. The molecular weight excluding hydrogens is 516 g/mol. The van der Waals surface area contributed by atoms with Gasteiger partial charge in [-0.2, -0.15) is 15.2 Å². The molecule has 3 aliphatic rings. The summed E-state index contributed by atoms with van der Waals surface area (Å²) < 4.78 is 6.27. The van der Waals surface area contributed by atoms with E-state index in [1.54, 1.807) is 4.90 Å². The Morgan fingerprint density at radius 2 is 2.02 bits per heavy atom. The maximum absolute atomic E-state index is 12.5. The van der Waals surface area contributed by atoms with Crippen LogP contribution in [0.15, 0.2) is 49.3 Å². The van der Waals surface area contributed by atoms with Gasteiger partial charge in [0, 0.05) is 54.8 Å². The van der Waals surface area contributed by atoms with Crippen LogP contribution in [-0.2, 0) is 17.8 Å². The molecule has 3 aromatic rings. The second-order valence-corrected chi connectivity index (χ2v) is 11.1. The molecule has 2 saturated heterocycles. The molecule has 5 heterocycles. The van der Waals surface area contributed by atoms with Gasteiger partial charge in [0.25, 0.3) is 0 Å². The van der Waals surface area contributed by atoms with Crippen LogP contribution >= 0.6 is 0 Å². The molecule has 0 spiro atoms. The minimum Gasteiger partial charge on any atom is -0.462 e. The number of amides is 1. The van der Waals surface area contributed by atoms with Gasteiger partial charge in [0.1, 0.15) is 12.4 Å². The second-order valence-electron chi connectivity index (χ2n) is 11.1. The van der Waals surface area contributed by atoms with Crippen molar-refractivity contribution in [1.29, 1.82) is 5.26 Å². The number of hydrogen-bond acceptors (Lipinski definition) is 9. The van der Waals surface area contributed by atoms with E-state index in [1.807, 2.05) is 18.5 Å². The SMILES string of the molecule is C=CC(=O)N1CCN(c2nc(OC[C@@H]3CCCN3C)nc3c2CCN(c2cncc4ccccc24)C3)CC1CC#N. The van der Waals surface area contributed by atoms with Gasteiger partial charge in [0.15, 0.2) is 0 Å². The lowest BCUT2D eigenvalue weighted by Crippen LogP contribution is -2.55. The normalized spacial score (nSPS) is 21.0. The van der Waals surface area contributed by atoms with Gasteiger partial charge in [-0.1, -0.05) is 30.8 Å². The van der Waals surface area contributed by atoms with Crippen molar-refractivity contribution in [2.24, 2.45) is 0 Å². The van der Waals surface area contributed by atoms with Crippen molar-refractivity contribution < 1.29 is 9.53 Å². The van der Waals surface area contributed by atoms with Crippen molar-refractivity contribution in [3.8, 4) is 12.1 Å². The number of carbonyl (C=O) groups is 1. The summed E-state index contributed by atoms with van der Waals surface area (Å²) in [4.78, 5) is 35.6. The number of nitriles is 1. The van der Waals surface area contributed by atoms with E-state index >= 15 is 0 Å². The van der Waals surface area contributed by atoms with Crippen LogP contribution in [0.1, 0.15) is 30.5 Å².